The van der Waals surface area contributed by atoms with E-state index < -0.39 is 0 Å². The number of hydrogen-bond acceptors (Lipinski definition) is 0. The molecule has 0 N–H and O–H groups in total. The van der Waals surface area contributed by atoms with Crippen LogP contribution in [0.5, 0.6) is 0 Å². The molecule has 0 nitrogen and oxygen atoms in total. The van der Waals surface area contributed by atoms with Gasteiger partial charge in [-0.05, 0) is 0 Å². The van der Waals surface area contributed by atoms with E-state index in [2.05, 4.69) is 0 Å². The van der Waals surface area contributed by atoms with Crippen LogP contribution < -0.4 is 0 Å². The summed E-state index contributed by atoms with van der Waals surface area (Å²) in [5.41, 5.74) is 0. The minimum atomic E-state index is 0. The van der Waals surface area contributed by atoms with Gasteiger partial charge in [0.15, 0.2) is 0 Å². The van der Waals surface area contributed by atoms with E-state index in [9.17, 15) is 0 Å². The van der Waals surface area contributed by atoms with E-state index in [0.717, 1.165) is 0 Å². The van der Waals surface area contributed by atoms with Crippen LogP contribution in [0, 0.1) is 0 Å². The van der Waals surface area contributed by atoms with Crippen molar-refractivity contribution in [1.82, 2.24) is 0 Å². The van der Waals surface area contributed by atoms with E-state index in [1.807, 2.05) is 0 Å². The van der Waals surface area contributed by atoms with Gasteiger partial charge < -0.3 is 0 Å². The molecule has 0 saturated carbocycles. The number of rotatable bonds is 0. The summed E-state index contributed by atoms with van der Waals surface area (Å²) < 4.78 is 0. The zero-order valence-corrected chi connectivity index (χ0v) is 5.48. The van der Waals surface area contributed by atoms with Crippen LogP contribution in [0.3, 0.4) is 0 Å². The van der Waals surface area contributed by atoms with Crippen molar-refractivity contribution in [3.63, 3.8) is 0 Å². The zero-order valence-electron chi connectivity index (χ0n) is 0.816. The quantitative estimate of drug-likeness (QED) is 0.347. The first-order valence-electron chi connectivity index (χ1n) is 0. The van der Waals surface area contributed by atoms with Crippen molar-refractivity contribution in [3.8, 4) is 0 Å². The second kappa shape index (κ2) is 22.7. The van der Waals surface area contributed by atoms with E-state index in [0.29, 0.717) is 0 Å². The van der Waals surface area contributed by atoms with E-state index in [1.54, 1.807) is 0 Å². The molecule has 0 aromatic rings. The molecule has 0 atom stereocenters. The van der Waals surface area contributed by atoms with Gasteiger partial charge in [-0.15, -0.1) is 48.0 Å². The van der Waals surface area contributed by atoms with Crippen LogP contribution >= 0.6 is 48.0 Å². The predicted octanol–water partition coefficient (Wildman–Crippen LogP) is -0.710. The molecule has 5 heavy (non-hydrogen) atoms. The third kappa shape index (κ3) is 17.7. The van der Waals surface area contributed by atoms with Gasteiger partial charge >= 0.3 is 128 Å². The van der Waals surface area contributed by atoms with Crippen LogP contribution in [0.1, 0.15) is 0 Å². The second-order valence-corrected chi connectivity index (χ2v) is 0. The third-order valence-corrected chi connectivity index (χ3v) is 0. The van der Waals surface area contributed by atoms with Crippen molar-refractivity contribution in [3.05, 3.63) is 0 Å². The molecule has 0 unspecified atom stereocenters. The normalized spacial score (nSPS) is 0. The van der Waals surface area contributed by atoms with Crippen LogP contribution in [0.15, 0.2) is 0 Å². The molecule has 0 amide bonds. The summed E-state index contributed by atoms with van der Waals surface area (Å²) in [6.45, 7) is 0. The molecule has 0 fully saturated rings. The summed E-state index contributed by atoms with van der Waals surface area (Å²) in [7, 11) is 0. The molecule has 0 bridgehead atoms. The molecule has 22 valence electrons. The molecule has 0 spiro atoms. The summed E-state index contributed by atoms with van der Waals surface area (Å²) in [6, 6.07) is 0. The van der Waals surface area contributed by atoms with Gasteiger partial charge in [0.25, 0.3) is 0 Å². The Morgan fingerprint density at radius 2 is 0.600 bits per heavy atom. The standard InChI is InChI=1S/Cs.2HI.2Na.3H/h;2*1H;;;;;. The molecular formula is H5CsI2Na2. The maximum absolute atomic E-state index is 0. The fourth-order valence-electron chi connectivity index (χ4n) is 0. The molecule has 0 radical (unpaired) electrons. The van der Waals surface area contributed by atoms with Crippen LogP contribution in [0.25, 0.3) is 0 Å². The van der Waals surface area contributed by atoms with Gasteiger partial charge in [0, 0.05) is 0 Å². The van der Waals surface area contributed by atoms with Crippen molar-refractivity contribution in [2.45, 2.75) is 0 Å². The third-order valence-electron chi connectivity index (χ3n) is 0. The molecule has 0 aliphatic rings. The van der Waals surface area contributed by atoms with Crippen molar-refractivity contribution >= 4 is 176 Å². The first-order valence-corrected chi connectivity index (χ1v) is 0. The van der Waals surface area contributed by atoms with E-state index in [4.69, 9.17) is 0 Å². The van der Waals surface area contributed by atoms with Crippen molar-refractivity contribution in [2.75, 3.05) is 0 Å². The zero-order chi connectivity index (χ0) is 0. The monoisotopic (exact) mass is 438 g/mol. The second-order valence-electron chi connectivity index (χ2n) is 0. The molecule has 5 heteroatoms. The van der Waals surface area contributed by atoms with E-state index in [-0.39, 0.29) is 176 Å². The van der Waals surface area contributed by atoms with Gasteiger partial charge in [0.2, 0.25) is 0 Å². The van der Waals surface area contributed by atoms with Crippen LogP contribution in [0.4, 0.5) is 0 Å². The van der Waals surface area contributed by atoms with Crippen LogP contribution in [-0.2, 0) is 0 Å². The molecule has 0 aromatic carbocycles. The summed E-state index contributed by atoms with van der Waals surface area (Å²) in [5.74, 6) is 0. The molecule has 0 aliphatic heterocycles. The Morgan fingerprint density at radius 3 is 0.600 bits per heavy atom. The molecule has 0 rings (SSSR count). The van der Waals surface area contributed by atoms with Crippen molar-refractivity contribution in [2.24, 2.45) is 0 Å². The predicted molar refractivity (Wildman–Crippen MR) is 52.3 cm³/mol. The van der Waals surface area contributed by atoms with Gasteiger partial charge in [0.1, 0.15) is 0 Å². The van der Waals surface area contributed by atoms with Gasteiger partial charge in [0.05, 0.1) is 0 Å². The Morgan fingerprint density at radius 1 is 0.600 bits per heavy atom. The minimum absolute atomic E-state index is 0. The Balaban J connectivity index is 0. The Hall–Kier alpha value is 5.51. The van der Waals surface area contributed by atoms with Crippen LogP contribution in [-0.4, -0.2) is 128 Å². The fourth-order valence-corrected chi connectivity index (χ4v) is 0. The van der Waals surface area contributed by atoms with E-state index in [1.165, 1.54) is 0 Å². The first-order chi connectivity index (χ1) is 0. The topological polar surface area (TPSA) is 0 Å². The SMILES string of the molecule is I.I.[CsH].[NaH].[NaH]. The average molecular weight is 438 g/mol. The fraction of sp³-hybridized carbons (Fsp3) is 0. The molecular weight excluding hydrogens is 433 g/mol. The Bertz CT molecular complexity index is 7.61. The number of halogens is 2. The van der Waals surface area contributed by atoms with Crippen LogP contribution in [0.2, 0.25) is 0 Å². The summed E-state index contributed by atoms with van der Waals surface area (Å²) >= 11 is 0. The first kappa shape index (κ1) is 31.3. The summed E-state index contributed by atoms with van der Waals surface area (Å²) in [6.07, 6.45) is 0. The Kier molecular flexibility index (Phi) is 142. The van der Waals surface area contributed by atoms with E-state index >= 15 is 0 Å². The van der Waals surface area contributed by atoms with Gasteiger partial charge in [-0.25, -0.2) is 0 Å². The Labute approximate surface area is 170 Å². The molecule has 0 saturated heterocycles. The van der Waals surface area contributed by atoms with Gasteiger partial charge in [-0.1, -0.05) is 0 Å². The maximum atomic E-state index is 0. The van der Waals surface area contributed by atoms with Crippen molar-refractivity contribution in [1.29, 1.82) is 0 Å². The van der Waals surface area contributed by atoms with Gasteiger partial charge in [-0.3, -0.25) is 0 Å². The van der Waals surface area contributed by atoms with Gasteiger partial charge in [-0.2, -0.15) is 0 Å². The van der Waals surface area contributed by atoms with Crippen molar-refractivity contribution < 1.29 is 0 Å². The molecule has 0 heterocycles. The summed E-state index contributed by atoms with van der Waals surface area (Å²) in [4.78, 5) is 0. The molecule has 0 aromatic heterocycles. The average Bonchev–Trinajstić information content (AvgIpc) is 0. The summed E-state index contributed by atoms with van der Waals surface area (Å²) in [5, 5.41) is 0. The molecule has 0 aliphatic carbocycles. The number of hydrogen-bond donors (Lipinski definition) is 0.